The molecule has 1 amide bonds. The van der Waals surface area contributed by atoms with Gasteiger partial charge in [0.15, 0.2) is 5.58 Å². The zero-order valence-electron chi connectivity index (χ0n) is 12.9. The van der Waals surface area contributed by atoms with Gasteiger partial charge in [0, 0.05) is 23.5 Å². The minimum absolute atomic E-state index is 0.0131. The maximum atomic E-state index is 13.7. The molecule has 0 aliphatic heterocycles. The van der Waals surface area contributed by atoms with E-state index >= 15 is 0 Å². The van der Waals surface area contributed by atoms with Crippen molar-refractivity contribution in [3.8, 4) is 11.5 Å². The van der Waals surface area contributed by atoms with Crippen molar-refractivity contribution in [3.63, 3.8) is 0 Å². The average Bonchev–Trinajstić information content (AvgIpc) is 3.06. The van der Waals surface area contributed by atoms with Crippen molar-refractivity contribution in [3.05, 3.63) is 78.4 Å². The number of nitrogens with zero attached hydrogens (tertiary/aromatic N) is 2. The Balaban J connectivity index is 1.63. The molecule has 4 aromatic rings. The van der Waals surface area contributed by atoms with E-state index in [1.807, 2.05) is 6.07 Å². The summed E-state index contributed by atoms with van der Waals surface area (Å²) in [6.45, 7) is 0. The first-order chi connectivity index (χ1) is 12.2. The van der Waals surface area contributed by atoms with Gasteiger partial charge in [0.05, 0.1) is 11.8 Å². The number of carbonyl (C=O) groups is 1. The Bertz CT molecular complexity index is 1040. The number of fused-ring (bicyclic) bond motifs is 1. The Labute approximate surface area is 142 Å². The van der Waals surface area contributed by atoms with Gasteiger partial charge < -0.3 is 9.73 Å². The molecule has 0 spiro atoms. The molecule has 0 saturated heterocycles. The van der Waals surface area contributed by atoms with Crippen molar-refractivity contribution < 1.29 is 13.6 Å². The number of halogens is 1. The molecule has 2 aromatic heterocycles. The largest absolute Gasteiger partial charge is 0.436 e. The Morgan fingerprint density at radius 3 is 2.80 bits per heavy atom. The van der Waals surface area contributed by atoms with Crippen molar-refractivity contribution in [2.45, 2.75) is 0 Å². The van der Waals surface area contributed by atoms with Crippen LogP contribution >= 0.6 is 0 Å². The van der Waals surface area contributed by atoms with Crippen molar-refractivity contribution in [1.82, 2.24) is 9.97 Å². The van der Waals surface area contributed by atoms with Crippen LogP contribution in [0, 0.1) is 5.82 Å². The number of oxazole rings is 1. The number of hydrogen-bond acceptors (Lipinski definition) is 4. The maximum Gasteiger partial charge on any atom is 0.258 e. The quantitative estimate of drug-likeness (QED) is 0.607. The summed E-state index contributed by atoms with van der Waals surface area (Å²) in [5.41, 5.74) is 2.48. The second kappa shape index (κ2) is 6.16. The topological polar surface area (TPSA) is 68.0 Å². The highest BCUT2D eigenvalue weighted by Gasteiger charge is 2.13. The van der Waals surface area contributed by atoms with E-state index in [9.17, 15) is 9.18 Å². The molecular formula is C19H12FN3O2. The highest BCUT2D eigenvalue weighted by atomic mass is 19.1. The average molecular weight is 333 g/mol. The fraction of sp³-hybridized carbons (Fsp3) is 0. The summed E-state index contributed by atoms with van der Waals surface area (Å²) in [5, 5.41) is 2.68. The van der Waals surface area contributed by atoms with Gasteiger partial charge >= 0.3 is 0 Å². The van der Waals surface area contributed by atoms with Crippen LogP contribution < -0.4 is 5.32 Å². The lowest BCUT2D eigenvalue weighted by atomic mass is 10.1. The predicted octanol–water partition coefficient (Wildman–Crippen LogP) is 4.28. The lowest BCUT2D eigenvalue weighted by Gasteiger charge is -2.07. The summed E-state index contributed by atoms with van der Waals surface area (Å²) in [6.07, 6.45) is 3.24. The molecule has 0 unspecified atom stereocenters. The van der Waals surface area contributed by atoms with Gasteiger partial charge in [-0.25, -0.2) is 9.37 Å². The minimum Gasteiger partial charge on any atom is -0.436 e. The van der Waals surface area contributed by atoms with E-state index in [2.05, 4.69) is 15.3 Å². The maximum absolute atomic E-state index is 13.7. The predicted molar refractivity (Wildman–Crippen MR) is 91.6 cm³/mol. The monoisotopic (exact) mass is 333 g/mol. The molecular weight excluding hydrogens is 321 g/mol. The van der Waals surface area contributed by atoms with Crippen LogP contribution in [-0.2, 0) is 0 Å². The molecule has 2 aromatic carbocycles. The molecule has 0 bridgehead atoms. The number of anilines is 1. The molecule has 0 aliphatic rings. The Hall–Kier alpha value is -3.54. The number of rotatable bonds is 3. The molecule has 1 N–H and O–H groups in total. The van der Waals surface area contributed by atoms with Crippen LogP contribution in [0.2, 0.25) is 0 Å². The van der Waals surface area contributed by atoms with Gasteiger partial charge in [0.2, 0.25) is 5.89 Å². The summed E-state index contributed by atoms with van der Waals surface area (Å²) in [5.74, 6) is -0.662. The molecule has 122 valence electrons. The van der Waals surface area contributed by atoms with Gasteiger partial charge in [0.25, 0.3) is 5.91 Å². The van der Waals surface area contributed by atoms with Gasteiger partial charge in [-0.1, -0.05) is 18.2 Å². The number of aromatic nitrogens is 2. The van der Waals surface area contributed by atoms with E-state index in [1.54, 1.807) is 42.7 Å². The SMILES string of the molecule is O=C(Nc1cccc(-c2nc3cnccc3o2)c1)c1ccccc1F. The van der Waals surface area contributed by atoms with E-state index in [-0.39, 0.29) is 5.56 Å². The van der Waals surface area contributed by atoms with E-state index in [1.165, 1.54) is 18.2 Å². The number of benzene rings is 2. The van der Waals surface area contributed by atoms with Gasteiger partial charge in [-0.2, -0.15) is 0 Å². The van der Waals surface area contributed by atoms with Crippen molar-refractivity contribution in [2.75, 3.05) is 5.32 Å². The molecule has 25 heavy (non-hydrogen) atoms. The van der Waals surface area contributed by atoms with Gasteiger partial charge in [-0.05, 0) is 30.3 Å². The molecule has 0 saturated carbocycles. The molecule has 0 radical (unpaired) electrons. The van der Waals surface area contributed by atoms with Crippen molar-refractivity contribution >= 4 is 22.7 Å². The van der Waals surface area contributed by atoms with Crippen LogP contribution in [0.25, 0.3) is 22.6 Å². The highest BCUT2D eigenvalue weighted by molar-refractivity contribution is 6.04. The second-order valence-corrected chi connectivity index (χ2v) is 5.38. The lowest BCUT2D eigenvalue weighted by Crippen LogP contribution is -2.13. The van der Waals surface area contributed by atoms with Crippen LogP contribution in [0.1, 0.15) is 10.4 Å². The summed E-state index contributed by atoms with van der Waals surface area (Å²) in [4.78, 5) is 20.6. The molecule has 6 heteroatoms. The third-order valence-corrected chi connectivity index (χ3v) is 3.68. The molecule has 0 atom stereocenters. The van der Waals surface area contributed by atoms with E-state index in [0.29, 0.717) is 28.2 Å². The number of hydrogen-bond donors (Lipinski definition) is 1. The Morgan fingerprint density at radius 1 is 1.08 bits per heavy atom. The molecule has 5 nitrogen and oxygen atoms in total. The second-order valence-electron chi connectivity index (χ2n) is 5.38. The Morgan fingerprint density at radius 2 is 1.96 bits per heavy atom. The number of amides is 1. The fourth-order valence-corrected chi connectivity index (χ4v) is 2.48. The van der Waals surface area contributed by atoms with Crippen LogP contribution in [0.15, 0.2) is 71.4 Å². The summed E-state index contributed by atoms with van der Waals surface area (Å²) >= 11 is 0. The van der Waals surface area contributed by atoms with Gasteiger partial charge in [-0.3, -0.25) is 9.78 Å². The van der Waals surface area contributed by atoms with Crippen LogP contribution in [-0.4, -0.2) is 15.9 Å². The van der Waals surface area contributed by atoms with Gasteiger partial charge in [0.1, 0.15) is 11.3 Å². The van der Waals surface area contributed by atoms with E-state index in [4.69, 9.17) is 4.42 Å². The third kappa shape index (κ3) is 2.97. The zero-order chi connectivity index (χ0) is 17.2. The minimum atomic E-state index is -0.567. The lowest BCUT2D eigenvalue weighted by molar-refractivity contribution is 0.102. The van der Waals surface area contributed by atoms with Crippen molar-refractivity contribution in [1.29, 1.82) is 0 Å². The third-order valence-electron chi connectivity index (χ3n) is 3.68. The summed E-state index contributed by atoms with van der Waals surface area (Å²) in [6, 6.07) is 14.6. The number of pyridine rings is 1. The highest BCUT2D eigenvalue weighted by Crippen LogP contribution is 2.26. The standard InChI is InChI=1S/C19H12FN3O2/c20-15-7-2-1-6-14(15)18(24)22-13-5-3-4-12(10-13)19-23-16-11-21-9-8-17(16)25-19/h1-11H,(H,22,24). The van der Waals surface area contributed by atoms with E-state index in [0.717, 1.165) is 0 Å². The first kappa shape index (κ1) is 15.0. The Kier molecular flexibility index (Phi) is 3.70. The molecule has 0 fully saturated rings. The molecule has 2 heterocycles. The van der Waals surface area contributed by atoms with Crippen LogP contribution in [0.3, 0.4) is 0 Å². The van der Waals surface area contributed by atoms with Crippen LogP contribution in [0.4, 0.5) is 10.1 Å². The smallest absolute Gasteiger partial charge is 0.258 e. The molecule has 4 rings (SSSR count). The van der Waals surface area contributed by atoms with Crippen LogP contribution in [0.5, 0.6) is 0 Å². The number of carbonyl (C=O) groups excluding carboxylic acids is 1. The summed E-state index contributed by atoms with van der Waals surface area (Å²) in [7, 11) is 0. The first-order valence-electron chi connectivity index (χ1n) is 7.57. The van der Waals surface area contributed by atoms with Crippen molar-refractivity contribution in [2.24, 2.45) is 0 Å². The van der Waals surface area contributed by atoms with E-state index < -0.39 is 11.7 Å². The first-order valence-corrected chi connectivity index (χ1v) is 7.57. The normalized spacial score (nSPS) is 10.8. The van der Waals surface area contributed by atoms with Gasteiger partial charge in [-0.15, -0.1) is 0 Å². The summed E-state index contributed by atoms with van der Waals surface area (Å²) < 4.78 is 19.4. The molecule has 0 aliphatic carbocycles. The zero-order valence-corrected chi connectivity index (χ0v) is 12.9. The fourth-order valence-electron chi connectivity index (χ4n) is 2.48. The number of nitrogens with one attached hydrogen (secondary N) is 1.